The van der Waals surface area contributed by atoms with Gasteiger partial charge < -0.3 is 2.85 Å². The summed E-state index contributed by atoms with van der Waals surface area (Å²) >= 11 is 3.02. The number of rotatable bonds is 6. The van der Waals surface area contributed by atoms with Crippen LogP contribution in [0, 0.1) is 0 Å². The molecule has 0 N–H and O–H groups in total. The summed E-state index contributed by atoms with van der Waals surface area (Å²) in [5.74, 6) is 0. The molecule has 0 saturated heterocycles. The third-order valence-electron chi connectivity index (χ3n) is 2.20. The molecule has 0 aliphatic heterocycles. The van der Waals surface area contributed by atoms with Crippen LogP contribution < -0.4 is 0 Å². The van der Waals surface area contributed by atoms with Crippen LogP contribution in [0.5, 0.6) is 0 Å². The van der Waals surface area contributed by atoms with E-state index in [2.05, 4.69) is 37.1 Å². The molecule has 0 atom stereocenters. The van der Waals surface area contributed by atoms with Gasteiger partial charge in [-0.25, -0.2) is 0 Å². The second kappa shape index (κ2) is 6.09. The standard InChI is InChI=1S/C10H21.Al.2H/c1-4-6-8-10(3)9-7-5-2;;;/h4-9H2,1-3H3;;;/q;+2;2*-1. The van der Waals surface area contributed by atoms with E-state index in [-0.39, 0.29) is 2.85 Å². The van der Waals surface area contributed by atoms with Crippen LogP contribution in [0.2, 0.25) is 4.28 Å². The van der Waals surface area contributed by atoms with Gasteiger partial charge in [0.15, 0.2) is 0 Å². The van der Waals surface area contributed by atoms with Crippen LogP contribution in [0.15, 0.2) is 0 Å². The van der Waals surface area contributed by atoms with Gasteiger partial charge in [-0.3, -0.25) is 0 Å². The van der Waals surface area contributed by atoms with Crippen LogP contribution in [0.1, 0.15) is 62.1 Å². The Bertz CT molecular complexity index is 84.9. The average molecular weight is 170 g/mol. The summed E-state index contributed by atoms with van der Waals surface area (Å²) < 4.78 is 0.520. The minimum Gasteiger partial charge on any atom is -1.00 e. The summed E-state index contributed by atoms with van der Waals surface area (Å²) in [5, 5.41) is 0. The van der Waals surface area contributed by atoms with E-state index >= 15 is 0 Å². The quantitative estimate of drug-likeness (QED) is 0.530. The van der Waals surface area contributed by atoms with Gasteiger partial charge >= 0.3 is 79.9 Å². The smallest absolute Gasteiger partial charge is 1.00 e. The van der Waals surface area contributed by atoms with E-state index in [0.29, 0.717) is 4.28 Å². The van der Waals surface area contributed by atoms with Crippen molar-refractivity contribution in [2.24, 2.45) is 0 Å². The van der Waals surface area contributed by atoms with Crippen molar-refractivity contribution in [3.8, 4) is 0 Å². The SMILES string of the molecule is CCCC[C](C)([Al+2])CCCC.[H-].[H-]. The number of unbranched alkanes of at least 4 members (excludes halogenated alkanes) is 2. The minimum atomic E-state index is 0. The molecule has 0 amide bonds. The van der Waals surface area contributed by atoms with Crippen molar-refractivity contribution in [1.82, 2.24) is 0 Å². The molecule has 0 bridgehead atoms. The normalized spacial score (nSPS) is 12.1. The molecule has 0 aromatic carbocycles. The predicted molar refractivity (Wildman–Crippen MR) is 55.4 cm³/mol. The van der Waals surface area contributed by atoms with Gasteiger partial charge in [-0.1, -0.05) is 0 Å². The summed E-state index contributed by atoms with van der Waals surface area (Å²) in [4.78, 5) is 0. The largest absolute Gasteiger partial charge is 1.00 e. The molecule has 0 saturated carbocycles. The van der Waals surface area contributed by atoms with E-state index in [1.165, 1.54) is 38.5 Å². The van der Waals surface area contributed by atoms with Gasteiger partial charge in [0.1, 0.15) is 0 Å². The molecule has 0 spiro atoms. The Labute approximate surface area is 83.2 Å². The molecular weight excluding hydrogens is 147 g/mol. The van der Waals surface area contributed by atoms with Crippen LogP contribution in [0.25, 0.3) is 0 Å². The van der Waals surface area contributed by atoms with Gasteiger partial charge in [-0.05, 0) is 0 Å². The molecule has 0 aromatic heterocycles. The van der Waals surface area contributed by atoms with Crippen molar-refractivity contribution in [1.29, 1.82) is 0 Å². The molecule has 0 heterocycles. The molecule has 0 fully saturated rings. The Morgan fingerprint density at radius 1 is 1.09 bits per heavy atom. The van der Waals surface area contributed by atoms with E-state index in [9.17, 15) is 0 Å². The average Bonchev–Trinajstić information content (AvgIpc) is 1.97. The first-order valence-electron chi connectivity index (χ1n) is 4.91. The molecule has 11 heavy (non-hydrogen) atoms. The zero-order valence-corrected chi connectivity index (χ0v) is 9.47. The monoisotopic (exact) mass is 170 g/mol. The van der Waals surface area contributed by atoms with Gasteiger partial charge in [0, 0.05) is 0 Å². The zero-order chi connectivity index (χ0) is 8.74. The van der Waals surface area contributed by atoms with E-state index in [1.54, 1.807) is 0 Å². The van der Waals surface area contributed by atoms with Crippen molar-refractivity contribution < 1.29 is 2.85 Å². The van der Waals surface area contributed by atoms with Crippen LogP contribution >= 0.6 is 0 Å². The first-order valence-corrected chi connectivity index (χ1v) is 5.49. The number of hydrogen-bond acceptors (Lipinski definition) is 0. The Morgan fingerprint density at radius 3 is 1.73 bits per heavy atom. The summed E-state index contributed by atoms with van der Waals surface area (Å²) in [6.45, 7) is 6.89. The van der Waals surface area contributed by atoms with Gasteiger partial charge in [0.05, 0.1) is 0 Å². The molecular formula is C10H23Al. The third-order valence-corrected chi connectivity index (χ3v) is 2.78. The van der Waals surface area contributed by atoms with Crippen molar-refractivity contribution in [3.63, 3.8) is 0 Å². The fourth-order valence-corrected chi connectivity index (χ4v) is 1.69. The van der Waals surface area contributed by atoms with Crippen LogP contribution in [0.4, 0.5) is 0 Å². The molecule has 0 aromatic rings. The summed E-state index contributed by atoms with van der Waals surface area (Å²) in [5.41, 5.74) is 0. The van der Waals surface area contributed by atoms with E-state index < -0.39 is 0 Å². The maximum absolute atomic E-state index is 3.02. The molecule has 0 radical (unpaired) electrons. The van der Waals surface area contributed by atoms with Crippen LogP contribution in [-0.2, 0) is 0 Å². The molecule has 0 nitrogen and oxygen atoms in total. The Balaban J connectivity index is -0.000000500. The minimum absolute atomic E-state index is 0. The van der Waals surface area contributed by atoms with E-state index in [4.69, 9.17) is 0 Å². The van der Waals surface area contributed by atoms with Gasteiger partial charge in [0.2, 0.25) is 0 Å². The zero-order valence-electron chi connectivity index (χ0n) is 10.3. The van der Waals surface area contributed by atoms with Gasteiger partial charge in [0.25, 0.3) is 0 Å². The maximum atomic E-state index is 3.02. The summed E-state index contributed by atoms with van der Waals surface area (Å²) in [6, 6.07) is 0. The Morgan fingerprint density at radius 2 is 1.45 bits per heavy atom. The predicted octanol–water partition coefficient (Wildman–Crippen LogP) is 3.94. The second-order valence-corrected chi connectivity index (χ2v) is 5.25. The Hall–Kier alpha value is 0.532. The fourth-order valence-electron chi connectivity index (χ4n) is 1.29. The van der Waals surface area contributed by atoms with E-state index in [1.807, 2.05) is 0 Å². The topological polar surface area (TPSA) is 0 Å². The maximum Gasteiger partial charge on any atom is -1.00 e. The molecule has 0 aliphatic carbocycles. The second-order valence-electron chi connectivity index (χ2n) is 3.86. The molecule has 0 rings (SSSR count). The van der Waals surface area contributed by atoms with Crippen molar-refractivity contribution in [2.45, 2.75) is 63.6 Å². The molecule has 0 unspecified atom stereocenters. The van der Waals surface area contributed by atoms with Crippen molar-refractivity contribution in [3.05, 3.63) is 0 Å². The third kappa shape index (κ3) is 6.91. The fraction of sp³-hybridized carbons (Fsp3) is 1.00. The van der Waals surface area contributed by atoms with Gasteiger partial charge in [-0.2, -0.15) is 0 Å². The van der Waals surface area contributed by atoms with Crippen LogP contribution in [-0.4, -0.2) is 16.3 Å². The molecule has 1 heteroatoms. The molecule has 66 valence electrons. The number of hydrogen-bond donors (Lipinski definition) is 0. The van der Waals surface area contributed by atoms with Crippen LogP contribution in [0.3, 0.4) is 0 Å². The summed E-state index contributed by atoms with van der Waals surface area (Å²) in [7, 11) is 0. The first-order chi connectivity index (χ1) is 5.12. The van der Waals surface area contributed by atoms with Gasteiger partial charge in [-0.15, -0.1) is 0 Å². The Kier molecular flexibility index (Phi) is 6.39. The summed E-state index contributed by atoms with van der Waals surface area (Å²) in [6.07, 6.45) is 8.15. The first kappa shape index (κ1) is 11.5. The van der Waals surface area contributed by atoms with Crippen molar-refractivity contribution >= 4 is 16.3 Å². The molecule has 0 aliphatic rings. The van der Waals surface area contributed by atoms with Crippen molar-refractivity contribution in [2.75, 3.05) is 0 Å². The van der Waals surface area contributed by atoms with E-state index in [0.717, 1.165) is 0 Å².